The van der Waals surface area contributed by atoms with Crippen molar-refractivity contribution in [2.24, 2.45) is 0 Å². The molecule has 0 aromatic carbocycles. The molecule has 1 aromatic heterocycles. The van der Waals surface area contributed by atoms with E-state index in [9.17, 15) is 14.9 Å². The van der Waals surface area contributed by atoms with Gasteiger partial charge in [-0.15, -0.1) is 0 Å². The van der Waals surface area contributed by atoms with Crippen LogP contribution in [0, 0.1) is 10.1 Å². The van der Waals surface area contributed by atoms with Gasteiger partial charge in [-0.1, -0.05) is 0 Å². The zero-order chi connectivity index (χ0) is 17.0. The van der Waals surface area contributed by atoms with Gasteiger partial charge in [-0.05, 0) is 33.6 Å². The van der Waals surface area contributed by atoms with Gasteiger partial charge < -0.3 is 14.4 Å². The summed E-state index contributed by atoms with van der Waals surface area (Å²) in [5.74, 6) is 0.315. The van der Waals surface area contributed by atoms with Crippen molar-refractivity contribution < 1.29 is 19.2 Å². The molecule has 0 saturated carbocycles. The van der Waals surface area contributed by atoms with Crippen LogP contribution in [0.1, 0.15) is 33.6 Å². The van der Waals surface area contributed by atoms with Gasteiger partial charge in [-0.2, -0.15) is 0 Å². The second-order valence-electron chi connectivity index (χ2n) is 6.42. The third kappa shape index (κ3) is 4.80. The molecule has 8 heteroatoms. The largest absolute Gasteiger partial charge is 0.490 e. The number of nitro groups is 1. The van der Waals surface area contributed by atoms with E-state index in [4.69, 9.17) is 9.47 Å². The summed E-state index contributed by atoms with van der Waals surface area (Å²) in [6.45, 7) is 6.34. The molecule has 23 heavy (non-hydrogen) atoms. The van der Waals surface area contributed by atoms with E-state index < -0.39 is 10.5 Å². The van der Waals surface area contributed by atoms with Gasteiger partial charge >= 0.3 is 6.09 Å². The lowest BCUT2D eigenvalue weighted by atomic mass is 10.2. The number of carbonyl (C=O) groups is 1. The quantitative estimate of drug-likeness (QED) is 0.624. The molecule has 1 amide bonds. The van der Waals surface area contributed by atoms with Gasteiger partial charge in [-0.25, -0.2) is 4.79 Å². The molecule has 0 aliphatic carbocycles. The highest BCUT2D eigenvalue weighted by Gasteiger charge is 2.32. The summed E-state index contributed by atoms with van der Waals surface area (Å²) in [6.07, 6.45) is 3.90. The van der Waals surface area contributed by atoms with Crippen LogP contribution in [0.25, 0.3) is 0 Å². The minimum Gasteiger partial charge on any atom is -0.490 e. The maximum atomic E-state index is 12.2. The third-order valence-corrected chi connectivity index (χ3v) is 3.36. The van der Waals surface area contributed by atoms with Gasteiger partial charge in [0, 0.05) is 6.54 Å². The van der Waals surface area contributed by atoms with E-state index in [2.05, 4.69) is 4.98 Å². The molecule has 1 aromatic rings. The fourth-order valence-electron chi connectivity index (χ4n) is 2.35. The van der Waals surface area contributed by atoms with Crippen molar-refractivity contribution in [2.75, 3.05) is 13.2 Å². The topological polar surface area (TPSA) is 94.8 Å². The standard InChI is InChI=1S/C15H21N3O5/c1-15(2,3)23-14(19)17-6-4-5-11(17)10-22-13-7-12(18(20)21)8-16-9-13/h7-9,11H,4-6,10H2,1-3H3/t11-/m1/s1. The molecule has 0 radical (unpaired) electrons. The zero-order valence-electron chi connectivity index (χ0n) is 13.5. The summed E-state index contributed by atoms with van der Waals surface area (Å²) in [7, 11) is 0. The van der Waals surface area contributed by atoms with Crippen molar-refractivity contribution in [1.29, 1.82) is 0 Å². The van der Waals surface area contributed by atoms with E-state index in [0.717, 1.165) is 19.0 Å². The van der Waals surface area contributed by atoms with Crippen molar-refractivity contribution in [3.63, 3.8) is 0 Å². The third-order valence-electron chi connectivity index (χ3n) is 3.36. The van der Waals surface area contributed by atoms with E-state index in [0.29, 0.717) is 12.3 Å². The highest BCUT2D eigenvalue weighted by atomic mass is 16.6. The van der Waals surface area contributed by atoms with Crippen LogP contribution < -0.4 is 4.74 Å². The number of ether oxygens (including phenoxy) is 2. The SMILES string of the molecule is CC(C)(C)OC(=O)N1CCC[C@@H]1COc1cncc([N+](=O)[O-])c1. The number of rotatable bonds is 4. The Balaban J connectivity index is 1.95. The lowest BCUT2D eigenvalue weighted by Gasteiger charge is -2.28. The van der Waals surface area contributed by atoms with Gasteiger partial charge in [0.25, 0.3) is 5.69 Å². The molecule has 2 heterocycles. The molecule has 0 N–H and O–H groups in total. The highest BCUT2D eigenvalue weighted by Crippen LogP contribution is 2.23. The van der Waals surface area contributed by atoms with Crippen LogP contribution in [0.2, 0.25) is 0 Å². The van der Waals surface area contributed by atoms with E-state index >= 15 is 0 Å². The summed E-state index contributed by atoms with van der Waals surface area (Å²) in [4.78, 5) is 27.8. The zero-order valence-corrected chi connectivity index (χ0v) is 13.5. The molecular weight excluding hydrogens is 302 g/mol. The highest BCUT2D eigenvalue weighted by molar-refractivity contribution is 5.69. The molecule has 0 unspecified atom stereocenters. The Morgan fingerprint density at radius 2 is 2.22 bits per heavy atom. The molecule has 0 spiro atoms. The summed E-state index contributed by atoms with van der Waals surface area (Å²) in [5, 5.41) is 10.7. The fraction of sp³-hybridized carbons (Fsp3) is 0.600. The van der Waals surface area contributed by atoms with Crippen LogP contribution >= 0.6 is 0 Å². The Kier molecular flexibility index (Phi) is 5.02. The Morgan fingerprint density at radius 3 is 2.87 bits per heavy atom. The van der Waals surface area contributed by atoms with Crippen molar-refractivity contribution in [3.05, 3.63) is 28.6 Å². The van der Waals surface area contributed by atoms with Crippen molar-refractivity contribution in [2.45, 2.75) is 45.3 Å². The van der Waals surface area contributed by atoms with E-state index in [-0.39, 0.29) is 24.4 Å². The van der Waals surface area contributed by atoms with Crippen LogP contribution in [0.3, 0.4) is 0 Å². The molecule has 1 aliphatic rings. The van der Waals surface area contributed by atoms with E-state index in [1.807, 2.05) is 20.8 Å². The Hall–Kier alpha value is -2.38. The molecule has 2 rings (SSSR count). The van der Waals surface area contributed by atoms with Crippen molar-refractivity contribution >= 4 is 11.8 Å². The Bertz CT molecular complexity index is 585. The first-order valence-electron chi connectivity index (χ1n) is 7.48. The molecular formula is C15H21N3O5. The van der Waals surface area contributed by atoms with Crippen molar-refractivity contribution in [3.8, 4) is 5.75 Å². The number of likely N-dealkylation sites (tertiary alicyclic amines) is 1. The van der Waals surface area contributed by atoms with Crippen LogP contribution in [0.5, 0.6) is 5.75 Å². The maximum Gasteiger partial charge on any atom is 0.410 e. The lowest BCUT2D eigenvalue weighted by molar-refractivity contribution is -0.385. The average Bonchev–Trinajstić information content (AvgIpc) is 2.92. The lowest BCUT2D eigenvalue weighted by Crippen LogP contribution is -2.42. The number of aromatic nitrogens is 1. The Morgan fingerprint density at radius 1 is 1.48 bits per heavy atom. The summed E-state index contributed by atoms with van der Waals surface area (Å²) < 4.78 is 11.0. The van der Waals surface area contributed by atoms with Crippen LogP contribution in [-0.4, -0.2) is 45.7 Å². The number of amides is 1. The predicted molar refractivity (Wildman–Crippen MR) is 82.3 cm³/mol. The number of carbonyl (C=O) groups excluding carboxylic acids is 1. The minimum atomic E-state index is -0.547. The second-order valence-corrected chi connectivity index (χ2v) is 6.42. The fourth-order valence-corrected chi connectivity index (χ4v) is 2.35. The molecule has 1 aliphatic heterocycles. The number of nitrogens with zero attached hydrogens (tertiary/aromatic N) is 3. The molecule has 1 atom stereocenters. The monoisotopic (exact) mass is 323 g/mol. The van der Waals surface area contributed by atoms with Crippen LogP contribution in [0.15, 0.2) is 18.5 Å². The van der Waals surface area contributed by atoms with E-state index in [1.165, 1.54) is 12.3 Å². The number of pyridine rings is 1. The van der Waals surface area contributed by atoms with Gasteiger partial charge in [0.2, 0.25) is 0 Å². The van der Waals surface area contributed by atoms with E-state index in [1.54, 1.807) is 4.90 Å². The van der Waals surface area contributed by atoms with Gasteiger partial charge in [0.1, 0.15) is 24.2 Å². The molecule has 1 fully saturated rings. The smallest absolute Gasteiger partial charge is 0.410 e. The Labute approximate surface area is 134 Å². The molecule has 1 saturated heterocycles. The van der Waals surface area contributed by atoms with Gasteiger partial charge in [-0.3, -0.25) is 15.1 Å². The van der Waals surface area contributed by atoms with Gasteiger partial charge in [0.05, 0.1) is 23.2 Å². The normalized spacial score (nSPS) is 17.9. The second kappa shape index (κ2) is 6.80. The first kappa shape index (κ1) is 17.0. The number of hydrogen-bond donors (Lipinski definition) is 0. The molecule has 126 valence electrons. The minimum absolute atomic E-state index is 0.107. The first-order valence-corrected chi connectivity index (χ1v) is 7.48. The summed E-state index contributed by atoms with van der Waals surface area (Å²) in [5.41, 5.74) is -0.674. The average molecular weight is 323 g/mol. The number of hydrogen-bond acceptors (Lipinski definition) is 6. The maximum absolute atomic E-state index is 12.2. The summed E-state index contributed by atoms with van der Waals surface area (Å²) >= 11 is 0. The van der Waals surface area contributed by atoms with Gasteiger partial charge in [0.15, 0.2) is 0 Å². The van der Waals surface area contributed by atoms with Crippen LogP contribution in [0.4, 0.5) is 10.5 Å². The molecule has 0 bridgehead atoms. The molecule has 8 nitrogen and oxygen atoms in total. The van der Waals surface area contributed by atoms with Crippen LogP contribution in [-0.2, 0) is 4.74 Å². The predicted octanol–water partition coefficient (Wildman–Crippen LogP) is 2.77. The first-order chi connectivity index (χ1) is 10.8. The van der Waals surface area contributed by atoms with Crippen molar-refractivity contribution in [1.82, 2.24) is 9.88 Å². The summed E-state index contributed by atoms with van der Waals surface area (Å²) in [6, 6.07) is 1.21.